The summed E-state index contributed by atoms with van der Waals surface area (Å²) in [5.74, 6) is 0.257. The van der Waals surface area contributed by atoms with Gasteiger partial charge in [0.25, 0.3) is 5.91 Å². The Kier molecular flexibility index (Phi) is 4.48. The minimum atomic E-state index is -0.362. The third kappa shape index (κ3) is 2.75. The fraction of sp³-hybridized carbons (Fsp3) is 0.500. The number of para-hydroxylation sites is 1. The van der Waals surface area contributed by atoms with Gasteiger partial charge >= 0.3 is 0 Å². The first-order valence-electron chi connectivity index (χ1n) is 8.23. The monoisotopic (exact) mass is 300 g/mol. The van der Waals surface area contributed by atoms with E-state index in [9.17, 15) is 9.90 Å². The molecule has 4 nitrogen and oxygen atoms in total. The van der Waals surface area contributed by atoms with Crippen molar-refractivity contribution in [3.05, 3.63) is 35.5 Å². The molecular formula is C18H24N2O2. The van der Waals surface area contributed by atoms with Crippen LogP contribution in [0.4, 0.5) is 0 Å². The van der Waals surface area contributed by atoms with E-state index in [0.29, 0.717) is 18.0 Å². The summed E-state index contributed by atoms with van der Waals surface area (Å²) < 4.78 is 2.09. The molecule has 1 aliphatic carbocycles. The Morgan fingerprint density at radius 3 is 2.64 bits per heavy atom. The van der Waals surface area contributed by atoms with Crippen molar-refractivity contribution in [3.8, 4) is 0 Å². The van der Waals surface area contributed by atoms with E-state index >= 15 is 0 Å². The molecule has 1 aromatic carbocycles. The van der Waals surface area contributed by atoms with Gasteiger partial charge in [-0.3, -0.25) is 4.79 Å². The fourth-order valence-corrected chi connectivity index (χ4v) is 3.86. The summed E-state index contributed by atoms with van der Waals surface area (Å²) in [7, 11) is 0. The molecule has 1 aromatic heterocycles. The molecule has 0 aliphatic heterocycles. The number of aliphatic hydroxyl groups is 1. The van der Waals surface area contributed by atoms with Crippen molar-refractivity contribution >= 4 is 16.8 Å². The van der Waals surface area contributed by atoms with Crippen LogP contribution in [-0.4, -0.2) is 22.2 Å². The molecule has 0 saturated heterocycles. The third-order valence-corrected chi connectivity index (χ3v) is 4.86. The molecule has 3 rings (SSSR count). The predicted molar refractivity (Wildman–Crippen MR) is 87.8 cm³/mol. The number of hydrogen-bond donors (Lipinski definition) is 2. The van der Waals surface area contributed by atoms with Gasteiger partial charge in [-0.15, -0.1) is 0 Å². The average molecular weight is 300 g/mol. The van der Waals surface area contributed by atoms with Gasteiger partial charge in [0, 0.05) is 23.1 Å². The van der Waals surface area contributed by atoms with E-state index < -0.39 is 0 Å². The van der Waals surface area contributed by atoms with Crippen LogP contribution in [-0.2, 0) is 13.0 Å². The van der Waals surface area contributed by atoms with Crippen molar-refractivity contribution in [3.63, 3.8) is 0 Å². The lowest BCUT2D eigenvalue weighted by Crippen LogP contribution is -2.19. The molecule has 0 bridgehead atoms. The lowest BCUT2D eigenvalue weighted by atomic mass is 9.85. The normalized spacial score (nSPS) is 16.2. The zero-order valence-electron chi connectivity index (χ0n) is 12.9. The SMILES string of the molecule is NC(=O)c1c(CC2CCCCC2)n(CCO)c2ccccc12. The molecule has 1 heterocycles. The Morgan fingerprint density at radius 1 is 1.23 bits per heavy atom. The zero-order valence-corrected chi connectivity index (χ0v) is 12.9. The minimum absolute atomic E-state index is 0.0640. The van der Waals surface area contributed by atoms with Crippen molar-refractivity contribution in [2.24, 2.45) is 11.7 Å². The van der Waals surface area contributed by atoms with Gasteiger partial charge in [-0.25, -0.2) is 0 Å². The van der Waals surface area contributed by atoms with Gasteiger partial charge in [-0.2, -0.15) is 0 Å². The molecule has 1 fully saturated rings. The summed E-state index contributed by atoms with van der Waals surface area (Å²) in [6.45, 7) is 0.574. The largest absolute Gasteiger partial charge is 0.395 e. The summed E-state index contributed by atoms with van der Waals surface area (Å²) >= 11 is 0. The number of aromatic nitrogens is 1. The predicted octanol–water partition coefficient (Wildman–Crippen LogP) is 2.86. The number of nitrogens with two attached hydrogens (primary N) is 1. The first-order chi connectivity index (χ1) is 10.7. The molecule has 0 atom stereocenters. The molecule has 1 amide bonds. The summed E-state index contributed by atoms with van der Waals surface area (Å²) in [6, 6.07) is 7.85. The van der Waals surface area contributed by atoms with Crippen LogP contribution in [0.25, 0.3) is 10.9 Å². The van der Waals surface area contributed by atoms with Crippen molar-refractivity contribution in [2.45, 2.75) is 45.1 Å². The molecule has 1 aliphatic rings. The van der Waals surface area contributed by atoms with Gasteiger partial charge in [-0.05, 0) is 18.4 Å². The van der Waals surface area contributed by atoms with Crippen LogP contribution in [0.3, 0.4) is 0 Å². The van der Waals surface area contributed by atoms with E-state index in [-0.39, 0.29) is 12.5 Å². The number of amides is 1. The van der Waals surface area contributed by atoms with Crippen molar-refractivity contribution in [1.29, 1.82) is 0 Å². The quantitative estimate of drug-likeness (QED) is 0.891. The van der Waals surface area contributed by atoms with Gasteiger partial charge in [0.2, 0.25) is 0 Å². The number of fused-ring (bicyclic) bond motifs is 1. The molecule has 0 unspecified atom stereocenters. The Bertz CT molecular complexity index is 669. The molecular weight excluding hydrogens is 276 g/mol. The average Bonchev–Trinajstić information content (AvgIpc) is 2.83. The number of aliphatic hydroxyl groups excluding tert-OH is 1. The standard InChI is InChI=1S/C18H24N2O2/c19-18(22)17-14-8-4-5-9-15(14)20(10-11-21)16(17)12-13-6-2-1-3-7-13/h4-5,8-9,13,21H,1-3,6-7,10-12H2,(H2,19,22). The maximum atomic E-state index is 12.0. The molecule has 118 valence electrons. The summed E-state index contributed by atoms with van der Waals surface area (Å²) in [6.07, 6.45) is 7.19. The van der Waals surface area contributed by atoms with E-state index in [1.165, 1.54) is 32.1 Å². The number of carbonyl (C=O) groups is 1. The molecule has 2 aromatic rings. The van der Waals surface area contributed by atoms with E-state index in [4.69, 9.17) is 5.73 Å². The van der Waals surface area contributed by atoms with E-state index in [2.05, 4.69) is 4.57 Å². The number of rotatable bonds is 5. The maximum absolute atomic E-state index is 12.0. The van der Waals surface area contributed by atoms with E-state index in [0.717, 1.165) is 23.0 Å². The van der Waals surface area contributed by atoms with Gasteiger partial charge in [0.05, 0.1) is 12.2 Å². The van der Waals surface area contributed by atoms with Crippen LogP contribution >= 0.6 is 0 Å². The highest BCUT2D eigenvalue weighted by Gasteiger charge is 2.24. The number of nitrogens with zero attached hydrogens (tertiary/aromatic N) is 1. The zero-order chi connectivity index (χ0) is 15.5. The highest BCUT2D eigenvalue weighted by Crippen LogP contribution is 2.32. The van der Waals surface area contributed by atoms with Gasteiger partial charge < -0.3 is 15.4 Å². The first kappa shape index (κ1) is 15.1. The topological polar surface area (TPSA) is 68.2 Å². The molecule has 0 radical (unpaired) electrons. The molecule has 4 heteroatoms. The van der Waals surface area contributed by atoms with Crippen molar-refractivity contribution in [2.75, 3.05) is 6.61 Å². The number of primary amides is 1. The molecule has 22 heavy (non-hydrogen) atoms. The second kappa shape index (κ2) is 6.53. The second-order valence-corrected chi connectivity index (χ2v) is 6.29. The van der Waals surface area contributed by atoms with Gasteiger partial charge in [0.15, 0.2) is 0 Å². The number of hydrogen-bond acceptors (Lipinski definition) is 2. The van der Waals surface area contributed by atoms with Crippen molar-refractivity contribution in [1.82, 2.24) is 4.57 Å². The summed E-state index contributed by atoms with van der Waals surface area (Å²) in [5.41, 5.74) is 8.33. The molecule has 1 saturated carbocycles. The van der Waals surface area contributed by atoms with Crippen LogP contribution in [0.1, 0.15) is 48.2 Å². The highest BCUT2D eigenvalue weighted by molar-refractivity contribution is 6.07. The highest BCUT2D eigenvalue weighted by atomic mass is 16.3. The van der Waals surface area contributed by atoms with E-state index in [1.807, 2.05) is 24.3 Å². The first-order valence-corrected chi connectivity index (χ1v) is 8.23. The van der Waals surface area contributed by atoms with Crippen LogP contribution in [0.15, 0.2) is 24.3 Å². The maximum Gasteiger partial charge on any atom is 0.251 e. The Morgan fingerprint density at radius 2 is 1.95 bits per heavy atom. The fourth-order valence-electron chi connectivity index (χ4n) is 3.86. The minimum Gasteiger partial charge on any atom is -0.395 e. The van der Waals surface area contributed by atoms with E-state index in [1.54, 1.807) is 0 Å². The number of benzene rings is 1. The van der Waals surface area contributed by atoms with Crippen LogP contribution in [0.2, 0.25) is 0 Å². The lowest BCUT2D eigenvalue weighted by molar-refractivity contribution is 0.1000. The van der Waals surface area contributed by atoms with Crippen molar-refractivity contribution < 1.29 is 9.90 Å². The van der Waals surface area contributed by atoms with Gasteiger partial charge in [-0.1, -0.05) is 50.3 Å². The third-order valence-electron chi connectivity index (χ3n) is 4.86. The molecule has 3 N–H and O–H groups in total. The van der Waals surface area contributed by atoms with Crippen LogP contribution in [0.5, 0.6) is 0 Å². The molecule has 0 spiro atoms. The Balaban J connectivity index is 2.09. The lowest BCUT2D eigenvalue weighted by Gasteiger charge is -2.23. The van der Waals surface area contributed by atoms with Crippen LogP contribution in [0, 0.1) is 5.92 Å². The second-order valence-electron chi connectivity index (χ2n) is 6.29. The smallest absolute Gasteiger partial charge is 0.251 e. The van der Waals surface area contributed by atoms with Gasteiger partial charge in [0.1, 0.15) is 0 Å². The Labute approximate surface area is 130 Å². The summed E-state index contributed by atoms with van der Waals surface area (Å²) in [4.78, 5) is 12.0. The van der Waals surface area contributed by atoms with Crippen LogP contribution < -0.4 is 5.73 Å². The Hall–Kier alpha value is -1.81. The number of carbonyl (C=O) groups excluding carboxylic acids is 1. The summed E-state index contributed by atoms with van der Waals surface area (Å²) in [5, 5.41) is 10.3.